The maximum Gasteiger partial charge on any atom is 0.320 e. The van der Waals surface area contributed by atoms with E-state index in [1.165, 1.54) is 20.3 Å². The van der Waals surface area contributed by atoms with Crippen LogP contribution in [-0.4, -0.2) is 31.3 Å². The number of hydrogen-bond donors (Lipinski definition) is 2. The van der Waals surface area contributed by atoms with Crippen molar-refractivity contribution in [2.45, 2.75) is 19.1 Å². The van der Waals surface area contributed by atoms with Crippen LogP contribution in [0.1, 0.15) is 11.1 Å². The monoisotopic (exact) mass is 257 g/mol. The quantitative estimate of drug-likeness (QED) is 0.792. The predicted molar refractivity (Wildman–Crippen MR) is 63.0 cm³/mol. The van der Waals surface area contributed by atoms with E-state index in [4.69, 9.17) is 20.3 Å². The van der Waals surface area contributed by atoms with Crippen molar-refractivity contribution in [2.75, 3.05) is 14.2 Å². The summed E-state index contributed by atoms with van der Waals surface area (Å²) in [5.41, 5.74) is 6.19. The lowest BCUT2D eigenvalue weighted by molar-refractivity contribution is -0.138. The average Bonchev–Trinajstić information content (AvgIpc) is 2.33. The topological polar surface area (TPSA) is 81.8 Å². The number of methoxy groups -OCH3 is 2. The van der Waals surface area contributed by atoms with E-state index in [0.29, 0.717) is 11.1 Å². The number of rotatable bonds is 6. The van der Waals surface area contributed by atoms with Gasteiger partial charge in [-0.05, 0) is 5.56 Å². The Labute approximate surface area is 104 Å². The molecule has 0 saturated carbocycles. The Morgan fingerprint density at radius 2 is 2.06 bits per heavy atom. The molecular weight excluding hydrogens is 241 g/mol. The molecule has 0 aliphatic carbocycles. The number of halogens is 1. The van der Waals surface area contributed by atoms with Gasteiger partial charge in [-0.2, -0.15) is 0 Å². The Hall–Kier alpha value is -1.66. The summed E-state index contributed by atoms with van der Waals surface area (Å²) in [7, 11) is 2.78. The minimum absolute atomic E-state index is 0.00267. The maximum atomic E-state index is 14.0. The van der Waals surface area contributed by atoms with Crippen molar-refractivity contribution in [2.24, 2.45) is 5.73 Å². The van der Waals surface area contributed by atoms with Crippen LogP contribution in [0.5, 0.6) is 5.75 Å². The molecule has 1 unspecified atom stereocenters. The summed E-state index contributed by atoms with van der Waals surface area (Å²) in [6, 6.07) is 2.04. The molecule has 0 amide bonds. The van der Waals surface area contributed by atoms with E-state index < -0.39 is 17.8 Å². The van der Waals surface area contributed by atoms with Gasteiger partial charge in [0.15, 0.2) is 11.6 Å². The maximum absolute atomic E-state index is 14.0. The highest BCUT2D eigenvalue weighted by Crippen LogP contribution is 2.27. The summed E-state index contributed by atoms with van der Waals surface area (Å²) < 4.78 is 23.8. The summed E-state index contributed by atoms with van der Waals surface area (Å²) in [5.74, 6) is -1.67. The van der Waals surface area contributed by atoms with Crippen LogP contribution in [0, 0.1) is 5.82 Å². The van der Waals surface area contributed by atoms with E-state index in [9.17, 15) is 9.18 Å². The average molecular weight is 257 g/mol. The van der Waals surface area contributed by atoms with E-state index >= 15 is 0 Å². The SMILES string of the molecule is COCc1ccc(CC(N)C(=O)O)c(OC)c1F. The fourth-order valence-corrected chi connectivity index (χ4v) is 1.61. The minimum Gasteiger partial charge on any atom is -0.493 e. The molecule has 1 atom stereocenters. The van der Waals surface area contributed by atoms with Crippen LogP contribution in [-0.2, 0) is 22.6 Å². The van der Waals surface area contributed by atoms with Crippen molar-refractivity contribution in [1.29, 1.82) is 0 Å². The summed E-state index contributed by atoms with van der Waals surface area (Å²) in [4.78, 5) is 10.7. The van der Waals surface area contributed by atoms with Crippen molar-refractivity contribution < 1.29 is 23.8 Å². The lowest BCUT2D eigenvalue weighted by Gasteiger charge is -2.14. The lowest BCUT2D eigenvalue weighted by Crippen LogP contribution is -2.32. The number of nitrogens with two attached hydrogens (primary N) is 1. The molecule has 5 nitrogen and oxygen atoms in total. The zero-order valence-corrected chi connectivity index (χ0v) is 10.3. The minimum atomic E-state index is -1.14. The highest BCUT2D eigenvalue weighted by Gasteiger charge is 2.19. The van der Waals surface area contributed by atoms with Crippen LogP contribution in [0.3, 0.4) is 0 Å². The third kappa shape index (κ3) is 3.18. The van der Waals surface area contributed by atoms with Crippen molar-refractivity contribution in [3.8, 4) is 5.75 Å². The molecule has 1 aromatic rings. The van der Waals surface area contributed by atoms with Crippen LogP contribution in [0.25, 0.3) is 0 Å². The first kappa shape index (κ1) is 14.4. The second kappa shape index (κ2) is 6.32. The molecule has 1 rings (SSSR count). The Kier molecular flexibility index (Phi) is 5.06. The molecule has 3 N–H and O–H groups in total. The normalized spacial score (nSPS) is 12.2. The molecule has 100 valence electrons. The second-order valence-corrected chi connectivity index (χ2v) is 3.81. The molecule has 0 saturated heterocycles. The molecule has 0 aliphatic rings. The van der Waals surface area contributed by atoms with Crippen LogP contribution in [0.15, 0.2) is 12.1 Å². The summed E-state index contributed by atoms with van der Waals surface area (Å²) in [6.45, 7) is 0.119. The summed E-state index contributed by atoms with van der Waals surface area (Å²) >= 11 is 0. The molecule has 0 spiro atoms. The number of carbonyl (C=O) groups is 1. The Balaban J connectivity index is 3.06. The molecule has 0 fully saturated rings. The Morgan fingerprint density at radius 1 is 1.44 bits per heavy atom. The Bertz CT molecular complexity index is 436. The van der Waals surface area contributed by atoms with E-state index in [2.05, 4.69) is 0 Å². The lowest BCUT2D eigenvalue weighted by atomic mass is 10.0. The third-order valence-electron chi connectivity index (χ3n) is 2.52. The molecular formula is C12H16FNO4. The first-order valence-electron chi connectivity index (χ1n) is 5.32. The predicted octanol–water partition coefficient (Wildman–Crippen LogP) is 0.935. The second-order valence-electron chi connectivity index (χ2n) is 3.81. The zero-order chi connectivity index (χ0) is 13.7. The van der Waals surface area contributed by atoms with E-state index in [1.54, 1.807) is 6.07 Å². The van der Waals surface area contributed by atoms with Gasteiger partial charge in [0.05, 0.1) is 13.7 Å². The highest BCUT2D eigenvalue weighted by molar-refractivity contribution is 5.73. The van der Waals surface area contributed by atoms with E-state index in [-0.39, 0.29) is 18.8 Å². The van der Waals surface area contributed by atoms with Crippen molar-refractivity contribution in [1.82, 2.24) is 0 Å². The summed E-state index contributed by atoms with van der Waals surface area (Å²) in [5, 5.41) is 8.74. The van der Waals surface area contributed by atoms with Gasteiger partial charge < -0.3 is 20.3 Å². The highest BCUT2D eigenvalue weighted by atomic mass is 19.1. The van der Waals surface area contributed by atoms with Gasteiger partial charge >= 0.3 is 5.97 Å². The third-order valence-corrected chi connectivity index (χ3v) is 2.52. The first-order chi connectivity index (χ1) is 8.51. The Morgan fingerprint density at radius 3 is 2.56 bits per heavy atom. The van der Waals surface area contributed by atoms with Crippen LogP contribution in [0.2, 0.25) is 0 Å². The molecule has 0 radical (unpaired) electrons. The van der Waals surface area contributed by atoms with Crippen LogP contribution >= 0.6 is 0 Å². The van der Waals surface area contributed by atoms with Gasteiger partial charge in [-0.3, -0.25) is 4.79 Å². The van der Waals surface area contributed by atoms with E-state index in [1.807, 2.05) is 0 Å². The fourth-order valence-electron chi connectivity index (χ4n) is 1.61. The largest absolute Gasteiger partial charge is 0.493 e. The first-order valence-corrected chi connectivity index (χ1v) is 5.32. The van der Waals surface area contributed by atoms with Gasteiger partial charge in [-0.15, -0.1) is 0 Å². The van der Waals surface area contributed by atoms with Gasteiger partial charge in [-0.25, -0.2) is 4.39 Å². The van der Waals surface area contributed by atoms with E-state index in [0.717, 1.165) is 0 Å². The number of benzene rings is 1. The number of ether oxygens (including phenoxy) is 2. The number of carboxylic acid groups (broad SMARTS) is 1. The molecule has 0 bridgehead atoms. The molecule has 1 aromatic carbocycles. The zero-order valence-electron chi connectivity index (χ0n) is 10.3. The molecule has 0 heterocycles. The van der Waals surface area contributed by atoms with Crippen molar-refractivity contribution in [3.05, 3.63) is 29.1 Å². The van der Waals surface area contributed by atoms with Crippen LogP contribution < -0.4 is 10.5 Å². The molecule has 0 aromatic heterocycles. The van der Waals surface area contributed by atoms with Gasteiger partial charge in [0.1, 0.15) is 6.04 Å². The standard InChI is InChI=1S/C12H16FNO4/c1-17-6-8-4-3-7(5-9(14)12(15)16)11(18-2)10(8)13/h3-4,9H,5-6,14H2,1-2H3,(H,15,16). The molecule has 18 heavy (non-hydrogen) atoms. The van der Waals surface area contributed by atoms with Gasteiger partial charge in [-0.1, -0.05) is 12.1 Å². The fraction of sp³-hybridized carbons (Fsp3) is 0.417. The van der Waals surface area contributed by atoms with Crippen LogP contribution in [0.4, 0.5) is 4.39 Å². The number of carboxylic acids is 1. The van der Waals surface area contributed by atoms with Crippen molar-refractivity contribution in [3.63, 3.8) is 0 Å². The number of aliphatic carboxylic acids is 1. The summed E-state index contributed by atoms with van der Waals surface area (Å²) in [6.07, 6.45) is 0.00267. The van der Waals surface area contributed by atoms with Gasteiger partial charge in [0.2, 0.25) is 0 Å². The van der Waals surface area contributed by atoms with Gasteiger partial charge in [0, 0.05) is 19.1 Å². The smallest absolute Gasteiger partial charge is 0.320 e. The molecule has 6 heteroatoms. The van der Waals surface area contributed by atoms with Crippen molar-refractivity contribution >= 4 is 5.97 Å². The number of hydrogen-bond acceptors (Lipinski definition) is 4. The molecule has 0 aliphatic heterocycles. The van der Waals surface area contributed by atoms with Gasteiger partial charge in [0.25, 0.3) is 0 Å².